The number of hydrogen-bond donors (Lipinski definition) is 2. The second-order valence-corrected chi connectivity index (χ2v) is 6.16. The minimum absolute atomic E-state index is 0.351. The summed E-state index contributed by atoms with van der Waals surface area (Å²) in [4.78, 5) is 0. The standard InChI is InChI=1S/C17H16F6N2/c1-15(2,9-5-3-7-11(24)13(9)16(18,19)20)10-6-4-8-12(25)14(10)17(21,22)23/h3-8H,24-25H2,1-2H3. The van der Waals surface area contributed by atoms with Crippen LogP contribution in [0.2, 0.25) is 0 Å². The van der Waals surface area contributed by atoms with Crippen LogP contribution in [0.4, 0.5) is 37.7 Å². The number of halogens is 6. The Hall–Kier alpha value is -2.38. The Morgan fingerprint density at radius 2 is 0.960 bits per heavy atom. The monoisotopic (exact) mass is 362 g/mol. The van der Waals surface area contributed by atoms with Crippen LogP contribution in [-0.4, -0.2) is 0 Å². The lowest BCUT2D eigenvalue weighted by molar-refractivity contribution is -0.138. The Morgan fingerprint density at radius 3 is 1.24 bits per heavy atom. The first-order valence-corrected chi connectivity index (χ1v) is 7.20. The summed E-state index contributed by atoms with van der Waals surface area (Å²) in [5.74, 6) is 0. The molecule has 0 aromatic heterocycles. The van der Waals surface area contributed by atoms with Crippen LogP contribution in [0.3, 0.4) is 0 Å². The first-order chi connectivity index (χ1) is 11.3. The van der Waals surface area contributed by atoms with E-state index in [9.17, 15) is 26.3 Å². The lowest BCUT2D eigenvalue weighted by Gasteiger charge is -2.32. The summed E-state index contributed by atoms with van der Waals surface area (Å²) in [5.41, 5.74) is 5.22. The van der Waals surface area contributed by atoms with Gasteiger partial charge in [-0.15, -0.1) is 0 Å². The summed E-state index contributed by atoms with van der Waals surface area (Å²) in [5, 5.41) is 0. The summed E-state index contributed by atoms with van der Waals surface area (Å²) in [6, 6.07) is 6.94. The Balaban J connectivity index is 2.83. The van der Waals surface area contributed by atoms with E-state index in [0.29, 0.717) is 0 Å². The minimum Gasteiger partial charge on any atom is -0.398 e. The largest absolute Gasteiger partial charge is 0.418 e. The van der Waals surface area contributed by atoms with Crippen molar-refractivity contribution in [1.29, 1.82) is 0 Å². The molecule has 0 radical (unpaired) electrons. The van der Waals surface area contributed by atoms with E-state index in [1.54, 1.807) is 0 Å². The van der Waals surface area contributed by atoms with Crippen molar-refractivity contribution in [1.82, 2.24) is 0 Å². The molecule has 0 aliphatic heterocycles. The predicted molar refractivity (Wildman–Crippen MR) is 83.8 cm³/mol. The van der Waals surface area contributed by atoms with Crippen molar-refractivity contribution in [2.45, 2.75) is 31.6 Å². The number of hydrogen-bond acceptors (Lipinski definition) is 2. The maximum atomic E-state index is 13.4. The smallest absolute Gasteiger partial charge is 0.398 e. The van der Waals surface area contributed by atoms with Gasteiger partial charge >= 0.3 is 12.4 Å². The van der Waals surface area contributed by atoms with Crippen LogP contribution in [0.1, 0.15) is 36.1 Å². The predicted octanol–water partition coefficient (Wildman–Crippen LogP) is 5.21. The second kappa shape index (κ2) is 5.86. The van der Waals surface area contributed by atoms with Gasteiger partial charge in [0.2, 0.25) is 0 Å². The third-order valence-electron chi connectivity index (χ3n) is 4.11. The van der Waals surface area contributed by atoms with Crippen LogP contribution in [0.25, 0.3) is 0 Å². The molecule has 0 heterocycles. The molecule has 0 unspecified atom stereocenters. The fraction of sp³-hybridized carbons (Fsp3) is 0.294. The van der Waals surface area contributed by atoms with E-state index in [1.165, 1.54) is 26.0 Å². The van der Waals surface area contributed by atoms with Gasteiger partial charge < -0.3 is 11.5 Å². The van der Waals surface area contributed by atoms with Gasteiger partial charge in [0.05, 0.1) is 11.1 Å². The van der Waals surface area contributed by atoms with Gasteiger partial charge in [0.15, 0.2) is 0 Å². The molecule has 0 atom stereocenters. The van der Waals surface area contributed by atoms with Gasteiger partial charge in [-0.25, -0.2) is 0 Å². The zero-order chi connectivity index (χ0) is 19.2. The first kappa shape index (κ1) is 19.0. The van der Waals surface area contributed by atoms with E-state index in [-0.39, 0.29) is 11.1 Å². The van der Waals surface area contributed by atoms with Crippen LogP contribution in [0, 0.1) is 0 Å². The molecule has 0 aliphatic rings. The SMILES string of the molecule is CC(C)(c1cccc(N)c1C(F)(F)F)c1cccc(N)c1C(F)(F)F. The number of alkyl halides is 6. The molecule has 0 saturated carbocycles. The topological polar surface area (TPSA) is 52.0 Å². The van der Waals surface area contributed by atoms with Crippen molar-refractivity contribution in [3.8, 4) is 0 Å². The highest BCUT2D eigenvalue weighted by Gasteiger charge is 2.44. The molecule has 0 amide bonds. The van der Waals surface area contributed by atoms with Crippen LogP contribution in [-0.2, 0) is 17.8 Å². The van der Waals surface area contributed by atoms with E-state index in [4.69, 9.17) is 11.5 Å². The lowest BCUT2D eigenvalue weighted by atomic mass is 9.73. The summed E-state index contributed by atoms with van der Waals surface area (Å²) in [6.45, 7) is 2.56. The third-order valence-corrected chi connectivity index (χ3v) is 4.11. The van der Waals surface area contributed by atoms with Gasteiger partial charge in [0, 0.05) is 16.8 Å². The first-order valence-electron chi connectivity index (χ1n) is 7.20. The van der Waals surface area contributed by atoms with E-state index in [1.807, 2.05) is 0 Å². The molecule has 0 saturated heterocycles. The van der Waals surface area contributed by atoms with Crippen LogP contribution >= 0.6 is 0 Å². The van der Waals surface area contributed by atoms with Crippen molar-refractivity contribution in [2.24, 2.45) is 0 Å². The summed E-state index contributed by atoms with van der Waals surface area (Å²) >= 11 is 0. The number of benzene rings is 2. The van der Waals surface area contributed by atoms with Gasteiger partial charge in [-0.3, -0.25) is 0 Å². The van der Waals surface area contributed by atoms with Crippen LogP contribution in [0.15, 0.2) is 36.4 Å². The van der Waals surface area contributed by atoms with Crippen molar-refractivity contribution < 1.29 is 26.3 Å². The average molecular weight is 362 g/mol. The molecular weight excluding hydrogens is 346 g/mol. The molecule has 0 spiro atoms. The molecule has 0 aliphatic carbocycles. The van der Waals surface area contributed by atoms with Crippen LogP contribution < -0.4 is 11.5 Å². The summed E-state index contributed by atoms with van der Waals surface area (Å²) in [7, 11) is 0. The maximum Gasteiger partial charge on any atom is 0.418 e. The zero-order valence-corrected chi connectivity index (χ0v) is 13.4. The second-order valence-electron chi connectivity index (χ2n) is 6.16. The van der Waals surface area contributed by atoms with Gasteiger partial charge in [0.1, 0.15) is 0 Å². The molecule has 2 aromatic rings. The maximum absolute atomic E-state index is 13.4. The average Bonchev–Trinajstić information content (AvgIpc) is 2.44. The molecule has 4 N–H and O–H groups in total. The summed E-state index contributed by atoms with van der Waals surface area (Å²) < 4.78 is 80.7. The zero-order valence-electron chi connectivity index (χ0n) is 13.4. The lowest BCUT2D eigenvalue weighted by Crippen LogP contribution is -2.28. The fourth-order valence-corrected chi connectivity index (χ4v) is 2.96. The molecule has 8 heteroatoms. The van der Waals surface area contributed by atoms with Gasteiger partial charge in [0.25, 0.3) is 0 Å². The number of nitrogen functional groups attached to an aromatic ring is 2. The molecule has 2 nitrogen and oxygen atoms in total. The Kier molecular flexibility index (Phi) is 4.44. The third kappa shape index (κ3) is 3.38. The quantitative estimate of drug-likeness (QED) is 0.569. The van der Waals surface area contributed by atoms with Crippen molar-refractivity contribution >= 4 is 11.4 Å². The molecule has 0 fully saturated rings. The van der Waals surface area contributed by atoms with E-state index < -0.39 is 40.3 Å². The van der Waals surface area contributed by atoms with Crippen molar-refractivity contribution in [3.63, 3.8) is 0 Å². The highest BCUT2D eigenvalue weighted by Crippen LogP contribution is 2.47. The molecule has 2 rings (SSSR count). The van der Waals surface area contributed by atoms with Gasteiger partial charge in [-0.05, 0) is 23.3 Å². The summed E-state index contributed by atoms with van der Waals surface area (Å²) in [6.07, 6.45) is -9.62. The number of anilines is 2. The normalized spacial score (nSPS) is 13.1. The molecular formula is C17H16F6N2. The van der Waals surface area contributed by atoms with Crippen LogP contribution in [0.5, 0.6) is 0 Å². The molecule has 25 heavy (non-hydrogen) atoms. The van der Waals surface area contributed by atoms with E-state index >= 15 is 0 Å². The Morgan fingerprint density at radius 1 is 0.640 bits per heavy atom. The molecule has 2 aromatic carbocycles. The van der Waals surface area contributed by atoms with Gasteiger partial charge in [-0.1, -0.05) is 38.1 Å². The van der Waals surface area contributed by atoms with Crippen molar-refractivity contribution in [3.05, 3.63) is 58.7 Å². The van der Waals surface area contributed by atoms with E-state index in [0.717, 1.165) is 24.3 Å². The Bertz CT molecular complexity index is 725. The highest BCUT2D eigenvalue weighted by molar-refractivity contribution is 5.61. The van der Waals surface area contributed by atoms with Gasteiger partial charge in [-0.2, -0.15) is 26.3 Å². The Labute approximate surface area is 140 Å². The number of nitrogens with two attached hydrogens (primary N) is 2. The van der Waals surface area contributed by atoms with E-state index in [2.05, 4.69) is 0 Å². The van der Waals surface area contributed by atoms with Crippen molar-refractivity contribution in [2.75, 3.05) is 11.5 Å². The fourth-order valence-electron chi connectivity index (χ4n) is 2.96. The number of rotatable bonds is 2. The molecule has 0 bridgehead atoms. The highest BCUT2D eigenvalue weighted by atomic mass is 19.4. The molecule has 136 valence electrons. The minimum atomic E-state index is -4.81.